The summed E-state index contributed by atoms with van der Waals surface area (Å²) in [5.41, 5.74) is 1.08. The fourth-order valence-electron chi connectivity index (χ4n) is 1.54. The molecule has 0 saturated carbocycles. The molecule has 92 valence electrons. The van der Waals surface area contributed by atoms with Crippen LogP contribution in [0.1, 0.15) is 29.5 Å². The lowest BCUT2D eigenvalue weighted by Crippen LogP contribution is -1.95. The van der Waals surface area contributed by atoms with E-state index in [-0.39, 0.29) is 5.78 Å². The lowest BCUT2D eigenvalue weighted by atomic mass is 10.2. The van der Waals surface area contributed by atoms with Crippen LogP contribution in [0, 0.1) is 0 Å². The van der Waals surface area contributed by atoms with E-state index in [1.807, 2.05) is 37.3 Å². The van der Waals surface area contributed by atoms with Crippen molar-refractivity contribution in [3.05, 3.63) is 54.5 Å². The van der Waals surface area contributed by atoms with Crippen molar-refractivity contribution in [3.8, 4) is 0 Å². The molecule has 3 heteroatoms. The highest BCUT2D eigenvalue weighted by Gasteiger charge is 2.14. The van der Waals surface area contributed by atoms with Gasteiger partial charge in [0.25, 0.3) is 0 Å². The van der Waals surface area contributed by atoms with Crippen LogP contribution in [0.15, 0.2) is 57.4 Å². The van der Waals surface area contributed by atoms with Crippen LogP contribution in [0.5, 0.6) is 0 Å². The first-order chi connectivity index (χ1) is 8.74. The van der Waals surface area contributed by atoms with E-state index in [9.17, 15) is 4.79 Å². The molecule has 18 heavy (non-hydrogen) atoms. The molecule has 0 radical (unpaired) electrons. The van der Waals surface area contributed by atoms with Crippen LogP contribution in [0.3, 0.4) is 0 Å². The summed E-state index contributed by atoms with van der Waals surface area (Å²) in [5, 5.41) is 0. The summed E-state index contributed by atoms with van der Waals surface area (Å²) in [5.74, 6) is 0.487. The molecule has 0 aliphatic heterocycles. The third-order valence-corrected chi connectivity index (χ3v) is 3.60. The summed E-state index contributed by atoms with van der Waals surface area (Å²) >= 11 is 1.53. The third kappa shape index (κ3) is 2.74. The predicted octanol–water partition coefficient (Wildman–Crippen LogP) is 4.67. The maximum atomic E-state index is 11.7. The van der Waals surface area contributed by atoms with E-state index in [1.54, 1.807) is 12.3 Å². The number of carbonyl (C=O) groups is 1. The molecule has 1 heterocycles. The van der Waals surface area contributed by atoms with Crippen LogP contribution in [0.4, 0.5) is 0 Å². The second kappa shape index (κ2) is 5.74. The van der Waals surface area contributed by atoms with Crippen LogP contribution >= 0.6 is 11.8 Å². The number of carbonyl (C=O) groups excluding carboxylic acids is 1. The zero-order valence-corrected chi connectivity index (χ0v) is 11.0. The van der Waals surface area contributed by atoms with Gasteiger partial charge in [-0.05, 0) is 23.8 Å². The molecule has 0 amide bonds. The number of Topliss-reactive ketones (excluding diaryl/α,β-unsaturated/α-hetero) is 1. The Bertz CT molecular complexity index is 552. The van der Waals surface area contributed by atoms with Crippen LogP contribution in [-0.4, -0.2) is 5.78 Å². The Morgan fingerprint density at radius 1 is 1.33 bits per heavy atom. The highest BCUT2D eigenvalue weighted by Crippen LogP contribution is 2.32. The lowest BCUT2D eigenvalue weighted by Gasteiger charge is -2.01. The van der Waals surface area contributed by atoms with Gasteiger partial charge in [-0.1, -0.05) is 43.5 Å². The van der Waals surface area contributed by atoms with Gasteiger partial charge in [-0.15, -0.1) is 0 Å². The summed E-state index contributed by atoms with van der Waals surface area (Å²) < 4.78 is 5.25. The van der Waals surface area contributed by atoms with Crippen molar-refractivity contribution in [1.82, 2.24) is 0 Å². The van der Waals surface area contributed by atoms with Crippen molar-refractivity contribution < 1.29 is 9.21 Å². The average Bonchev–Trinajstić information content (AvgIpc) is 2.87. The second-order valence-corrected chi connectivity index (χ2v) is 4.88. The zero-order valence-electron chi connectivity index (χ0n) is 10.2. The summed E-state index contributed by atoms with van der Waals surface area (Å²) in [6.07, 6.45) is 3.82. The van der Waals surface area contributed by atoms with E-state index in [1.165, 1.54) is 11.8 Å². The number of hydrogen-bond donors (Lipinski definition) is 0. The van der Waals surface area contributed by atoms with E-state index in [0.29, 0.717) is 12.2 Å². The Morgan fingerprint density at radius 2 is 2.06 bits per heavy atom. The normalized spacial score (nSPS) is 10.3. The van der Waals surface area contributed by atoms with E-state index >= 15 is 0 Å². The van der Waals surface area contributed by atoms with Gasteiger partial charge in [-0.3, -0.25) is 4.79 Å². The van der Waals surface area contributed by atoms with Crippen molar-refractivity contribution in [3.63, 3.8) is 0 Å². The van der Waals surface area contributed by atoms with Crippen LogP contribution in [0.2, 0.25) is 0 Å². The molecule has 0 saturated heterocycles. The molecule has 0 unspecified atom stereocenters. The van der Waals surface area contributed by atoms with Gasteiger partial charge >= 0.3 is 0 Å². The highest BCUT2D eigenvalue weighted by molar-refractivity contribution is 7.99. The second-order valence-electron chi connectivity index (χ2n) is 3.77. The smallest absolute Gasteiger partial charge is 0.198 e. The van der Waals surface area contributed by atoms with E-state index in [0.717, 1.165) is 15.4 Å². The maximum absolute atomic E-state index is 11.7. The molecule has 0 spiro atoms. The number of rotatable bonds is 5. The van der Waals surface area contributed by atoms with Crippen molar-refractivity contribution in [2.24, 2.45) is 0 Å². The lowest BCUT2D eigenvalue weighted by molar-refractivity contribution is 0.0957. The van der Waals surface area contributed by atoms with E-state index in [4.69, 9.17) is 4.42 Å². The fourth-order valence-corrected chi connectivity index (χ4v) is 2.44. The number of furan rings is 1. The Hall–Kier alpha value is -1.74. The standard InChI is InChI=1S/C15H14O2S/c1-3-11-5-7-12(8-6-11)18-14-9-10-17-15(14)13(16)4-2/h3,5-10H,1,4H2,2H3. The fraction of sp³-hybridized carbons (Fsp3) is 0.133. The minimum absolute atomic E-state index is 0.0326. The van der Waals surface area contributed by atoms with Crippen molar-refractivity contribution in [2.45, 2.75) is 23.1 Å². The molecule has 0 N–H and O–H groups in total. The molecule has 0 aliphatic rings. The van der Waals surface area contributed by atoms with Crippen molar-refractivity contribution in [2.75, 3.05) is 0 Å². The molecule has 1 aromatic carbocycles. The first kappa shape index (κ1) is 12.7. The van der Waals surface area contributed by atoms with Crippen molar-refractivity contribution in [1.29, 1.82) is 0 Å². The molecule has 0 aliphatic carbocycles. The van der Waals surface area contributed by atoms with Crippen LogP contribution in [0.25, 0.3) is 6.08 Å². The highest BCUT2D eigenvalue weighted by atomic mass is 32.2. The van der Waals surface area contributed by atoms with E-state index in [2.05, 4.69) is 6.58 Å². The minimum atomic E-state index is 0.0326. The number of benzene rings is 1. The molecule has 0 fully saturated rings. The van der Waals surface area contributed by atoms with Gasteiger partial charge in [0, 0.05) is 11.3 Å². The zero-order chi connectivity index (χ0) is 13.0. The Labute approximate surface area is 111 Å². The molecule has 2 nitrogen and oxygen atoms in total. The van der Waals surface area contributed by atoms with Crippen molar-refractivity contribution >= 4 is 23.6 Å². The van der Waals surface area contributed by atoms with Gasteiger partial charge in [0.2, 0.25) is 0 Å². The molecule has 2 rings (SSSR count). The van der Waals surface area contributed by atoms with Gasteiger partial charge in [0.1, 0.15) is 0 Å². The van der Waals surface area contributed by atoms with Gasteiger partial charge in [0.15, 0.2) is 11.5 Å². The summed E-state index contributed by atoms with van der Waals surface area (Å²) in [6.45, 7) is 5.55. The summed E-state index contributed by atoms with van der Waals surface area (Å²) in [4.78, 5) is 13.6. The van der Waals surface area contributed by atoms with Crippen LogP contribution < -0.4 is 0 Å². The van der Waals surface area contributed by atoms with Gasteiger partial charge in [-0.2, -0.15) is 0 Å². The summed E-state index contributed by atoms with van der Waals surface area (Å²) in [7, 11) is 0. The molecular formula is C15H14O2S. The minimum Gasteiger partial charge on any atom is -0.460 e. The van der Waals surface area contributed by atoms with Gasteiger partial charge in [-0.25, -0.2) is 0 Å². The monoisotopic (exact) mass is 258 g/mol. The van der Waals surface area contributed by atoms with E-state index < -0.39 is 0 Å². The quantitative estimate of drug-likeness (QED) is 0.730. The first-order valence-electron chi connectivity index (χ1n) is 5.75. The SMILES string of the molecule is C=Cc1ccc(Sc2ccoc2C(=O)CC)cc1. The molecule has 0 atom stereocenters. The molecular weight excluding hydrogens is 244 g/mol. The Balaban J connectivity index is 2.20. The Kier molecular flexibility index (Phi) is 4.05. The number of ketones is 1. The van der Waals surface area contributed by atoms with Crippen LogP contribution in [-0.2, 0) is 0 Å². The first-order valence-corrected chi connectivity index (χ1v) is 6.57. The van der Waals surface area contributed by atoms with Gasteiger partial charge < -0.3 is 4.42 Å². The Morgan fingerprint density at radius 3 is 2.67 bits per heavy atom. The third-order valence-electron chi connectivity index (χ3n) is 2.55. The summed E-state index contributed by atoms with van der Waals surface area (Å²) in [6, 6.07) is 9.84. The molecule has 1 aromatic heterocycles. The van der Waals surface area contributed by atoms with Gasteiger partial charge in [0.05, 0.1) is 11.2 Å². The molecule has 0 bridgehead atoms. The number of hydrogen-bond acceptors (Lipinski definition) is 3. The largest absolute Gasteiger partial charge is 0.460 e. The maximum Gasteiger partial charge on any atom is 0.198 e. The topological polar surface area (TPSA) is 30.2 Å². The predicted molar refractivity (Wildman–Crippen MR) is 74.0 cm³/mol. The molecule has 2 aromatic rings. The average molecular weight is 258 g/mol.